The van der Waals surface area contributed by atoms with Gasteiger partial charge in [-0.3, -0.25) is 9.88 Å². The van der Waals surface area contributed by atoms with Gasteiger partial charge in [-0.05, 0) is 35.9 Å². The molecular weight excluding hydrogens is 407 g/mol. The van der Waals surface area contributed by atoms with E-state index in [1.165, 1.54) is 31.1 Å². The molecule has 0 saturated carbocycles. The van der Waals surface area contributed by atoms with Crippen molar-refractivity contribution in [1.82, 2.24) is 9.88 Å². The van der Waals surface area contributed by atoms with E-state index in [1.807, 2.05) is 12.1 Å². The second-order valence-corrected chi connectivity index (χ2v) is 7.48. The number of carbonyl (C=O) groups excluding carboxylic acids is 1. The summed E-state index contributed by atoms with van der Waals surface area (Å²) in [4.78, 5) is 18.1. The molecule has 1 fully saturated rings. The molecule has 32 heavy (non-hydrogen) atoms. The van der Waals surface area contributed by atoms with E-state index < -0.39 is 11.8 Å². The maximum absolute atomic E-state index is 14.7. The third kappa shape index (κ3) is 5.38. The number of carbonyl (C=O) groups is 1. The largest absolute Gasteiger partial charge is 0.465 e. The SMILES string of the molecule is COC(=O)c1cncc(-c2ccc(C#Cc3ccc(CN4CCOCC4)cc3)cc2F)c1. The van der Waals surface area contributed by atoms with Crippen molar-refractivity contribution in [2.75, 3.05) is 33.4 Å². The number of nitrogens with zero attached hydrogens (tertiary/aromatic N) is 2. The van der Waals surface area contributed by atoms with Gasteiger partial charge < -0.3 is 9.47 Å². The Labute approximate surface area is 186 Å². The van der Waals surface area contributed by atoms with Crippen LogP contribution in [0.1, 0.15) is 27.0 Å². The number of aromatic nitrogens is 1. The van der Waals surface area contributed by atoms with Gasteiger partial charge in [-0.2, -0.15) is 0 Å². The number of halogens is 1. The predicted octanol–water partition coefficient (Wildman–Crippen LogP) is 3.91. The lowest BCUT2D eigenvalue weighted by Gasteiger charge is -2.26. The van der Waals surface area contributed by atoms with Gasteiger partial charge in [0.1, 0.15) is 5.82 Å². The van der Waals surface area contributed by atoms with Crippen LogP contribution in [0, 0.1) is 17.7 Å². The molecule has 1 saturated heterocycles. The zero-order valence-electron chi connectivity index (χ0n) is 17.8. The first kappa shape index (κ1) is 21.7. The molecule has 0 radical (unpaired) electrons. The molecule has 3 aromatic rings. The molecule has 0 atom stereocenters. The van der Waals surface area contributed by atoms with Crippen LogP contribution < -0.4 is 0 Å². The zero-order chi connectivity index (χ0) is 22.3. The normalized spacial score (nSPS) is 13.8. The molecule has 5 nitrogen and oxygen atoms in total. The quantitative estimate of drug-likeness (QED) is 0.464. The Bertz CT molecular complexity index is 1160. The van der Waals surface area contributed by atoms with E-state index in [0.717, 1.165) is 38.4 Å². The van der Waals surface area contributed by atoms with Gasteiger partial charge in [0.2, 0.25) is 0 Å². The van der Waals surface area contributed by atoms with Crippen LogP contribution in [0.15, 0.2) is 60.9 Å². The lowest BCUT2D eigenvalue weighted by molar-refractivity contribution is 0.0342. The van der Waals surface area contributed by atoms with Crippen LogP contribution in [0.25, 0.3) is 11.1 Å². The molecule has 0 unspecified atom stereocenters. The monoisotopic (exact) mass is 430 g/mol. The zero-order valence-corrected chi connectivity index (χ0v) is 17.8. The van der Waals surface area contributed by atoms with Gasteiger partial charge in [0, 0.05) is 54.3 Å². The van der Waals surface area contributed by atoms with E-state index in [1.54, 1.807) is 18.2 Å². The molecule has 0 N–H and O–H groups in total. The number of morpholine rings is 1. The average Bonchev–Trinajstić information content (AvgIpc) is 2.84. The molecule has 2 heterocycles. The van der Waals surface area contributed by atoms with Crippen molar-refractivity contribution in [2.24, 2.45) is 0 Å². The smallest absolute Gasteiger partial charge is 0.339 e. The maximum atomic E-state index is 14.7. The minimum absolute atomic E-state index is 0.269. The fraction of sp³-hybridized carbons (Fsp3) is 0.231. The summed E-state index contributed by atoms with van der Waals surface area (Å²) in [5.74, 6) is 5.15. The third-order valence-electron chi connectivity index (χ3n) is 5.25. The van der Waals surface area contributed by atoms with Crippen LogP contribution in [0.4, 0.5) is 4.39 Å². The fourth-order valence-electron chi connectivity index (χ4n) is 3.50. The highest BCUT2D eigenvalue weighted by atomic mass is 19.1. The number of esters is 1. The first-order valence-electron chi connectivity index (χ1n) is 10.4. The van der Waals surface area contributed by atoms with Crippen molar-refractivity contribution in [1.29, 1.82) is 0 Å². The van der Waals surface area contributed by atoms with Gasteiger partial charge in [0.25, 0.3) is 0 Å². The van der Waals surface area contributed by atoms with E-state index in [4.69, 9.17) is 9.47 Å². The van der Waals surface area contributed by atoms with Crippen molar-refractivity contribution in [3.8, 4) is 23.0 Å². The predicted molar refractivity (Wildman–Crippen MR) is 119 cm³/mol. The summed E-state index contributed by atoms with van der Waals surface area (Å²) < 4.78 is 24.8. The standard InChI is InChI=1S/C26H23FN2O3/c1-31-26(30)23-15-22(16-28-17-23)24-9-8-20(14-25(24)27)5-2-19-3-6-21(7-4-19)18-29-10-12-32-13-11-29/h3-4,6-9,14-17H,10-13,18H2,1H3. The van der Waals surface area contributed by atoms with E-state index in [9.17, 15) is 9.18 Å². The van der Waals surface area contributed by atoms with Crippen LogP contribution >= 0.6 is 0 Å². The Morgan fingerprint density at radius 3 is 2.50 bits per heavy atom. The van der Waals surface area contributed by atoms with Crippen LogP contribution in [-0.2, 0) is 16.0 Å². The summed E-state index contributed by atoms with van der Waals surface area (Å²) in [6.07, 6.45) is 2.90. The maximum Gasteiger partial charge on any atom is 0.339 e. The molecule has 1 aromatic heterocycles. The van der Waals surface area contributed by atoms with E-state index in [2.05, 4.69) is 33.9 Å². The van der Waals surface area contributed by atoms with Crippen LogP contribution in [0.5, 0.6) is 0 Å². The average molecular weight is 430 g/mol. The van der Waals surface area contributed by atoms with Gasteiger partial charge in [0.15, 0.2) is 0 Å². The lowest BCUT2D eigenvalue weighted by atomic mass is 10.0. The molecule has 162 valence electrons. The van der Waals surface area contributed by atoms with Crippen molar-refractivity contribution >= 4 is 5.97 Å². The number of hydrogen-bond acceptors (Lipinski definition) is 5. The molecule has 2 aromatic carbocycles. The van der Waals surface area contributed by atoms with E-state index in [0.29, 0.717) is 16.7 Å². The van der Waals surface area contributed by atoms with Gasteiger partial charge in [-0.25, -0.2) is 9.18 Å². The fourth-order valence-corrected chi connectivity index (χ4v) is 3.50. The molecule has 1 aliphatic rings. The first-order valence-corrected chi connectivity index (χ1v) is 10.4. The molecular formula is C26H23FN2O3. The van der Waals surface area contributed by atoms with Crippen LogP contribution in [0.2, 0.25) is 0 Å². The van der Waals surface area contributed by atoms with Crippen molar-refractivity contribution in [2.45, 2.75) is 6.54 Å². The second-order valence-electron chi connectivity index (χ2n) is 7.48. The number of benzene rings is 2. The topological polar surface area (TPSA) is 51.7 Å². The van der Waals surface area contributed by atoms with Gasteiger partial charge >= 0.3 is 5.97 Å². The molecule has 0 amide bonds. The third-order valence-corrected chi connectivity index (χ3v) is 5.25. The molecule has 1 aliphatic heterocycles. The van der Waals surface area contributed by atoms with Crippen molar-refractivity contribution < 1.29 is 18.7 Å². The minimum atomic E-state index is -0.516. The summed E-state index contributed by atoms with van der Waals surface area (Å²) in [6, 6.07) is 14.5. The second kappa shape index (κ2) is 10.2. The van der Waals surface area contributed by atoms with Crippen LogP contribution in [-0.4, -0.2) is 49.3 Å². The number of ether oxygens (including phenoxy) is 2. The Balaban J connectivity index is 1.46. The Morgan fingerprint density at radius 1 is 1.06 bits per heavy atom. The first-order chi connectivity index (χ1) is 15.6. The summed E-state index contributed by atoms with van der Waals surface area (Å²) in [5.41, 5.74) is 3.79. The number of hydrogen-bond donors (Lipinski definition) is 0. The number of pyridine rings is 1. The number of methoxy groups -OCH3 is 1. The lowest BCUT2D eigenvalue weighted by Crippen LogP contribution is -2.35. The summed E-state index contributed by atoms with van der Waals surface area (Å²) >= 11 is 0. The summed E-state index contributed by atoms with van der Waals surface area (Å²) in [5, 5.41) is 0. The van der Waals surface area contributed by atoms with Gasteiger partial charge in [-0.15, -0.1) is 0 Å². The molecule has 4 rings (SSSR count). The van der Waals surface area contributed by atoms with E-state index >= 15 is 0 Å². The molecule has 0 aliphatic carbocycles. The van der Waals surface area contributed by atoms with Crippen molar-refractivity contribution in [3.63, 3.8) is 0 Å². The Hall–Kier alpha value is -3.53. The molecule has 0 spiro atoms. The number of rotatable bonds is 4. The Morgan fingerprint density at radius 2 is 1.78 bits per heavy atom. The van der Waals surface area contributed by atoms with Crippen LogP contribution in [0.3, 0.4) is 0 Å². The molecule has 0 bridgehead atoms. The van der Waals surface area contributed by atoms with Gasteiger partial charge in [-0.1, -0.05) is 30.0 Å². The highest BCUT2D eigenvalue weighted by Gasteiger charge is 2.12. The van der Waals surface area contributed by atoms with E-state index in [-0.39, 0.29) is 5.56 Å². The summed E-state index contributed by atoms with van der Waals surface area (Å²) in [7, 11) is 1.29. The Kier molecular flexibility index (Phi) is 6.90. The van der Waals surface area contributed by atoms with Crippen molar-refractivity contribution in [3.05, 3.63) is 89.0 Å². The molecule has 6 heteroatoms. The highest BCUT2D eigenvalue weighted by Crippen LogP contribution is 2.24. The minimum Gasteiger partial charge on any atom is -0.465 e. The summed E-state index contributed by atoms with van der Waals surface area (Å²) in [6.45, 7) is 4.37. The highest BCUT2D eigenvalue weighted by molar-refractivity contribution is 5.90. The van der Waals surface area contributed by atoms with Gasteiger partial charge in [0.05, 0.1) is 25.9 Å².